The first-order valence-corrected chi connectivity index (χ1v) is 6.72. The Hall–Kier alpha value is -1.10. The molecule has 0 spiro atoms. The monoisotopic (exact) mass is 264 g/mol. The van der Waals surface area contributed by atoms with Gasteiger partial charge in [0.25, 0.3) is 0 Å². The number of nitrogens with two attached hydrogens (primary N) is 1. The van der Waals surface area contributed by atoms with E-state index >= 15 is 0 Å². The zero-order valence-electron chi connectivity index (χ0n) is 12.2. The fourth-order valence-corrected chi connectivity index (χ4v) is 2.57. The molecule has 1 atom stereocenters. The van der Waals surface area contributed by atoms with Crippen molar-refractivity contribution >= 4 is 5.69 Å². The maximum atomic E-state index is 10.5. The highest BCUT2D eigenvalue weighted by Crippen LogP contribution is 2.28. The number of anilines is 1. The standard InChI is InChI=1S/C15H24N2O2/c1-14(2,3)19-15(4,18)17-8-7-11-9-13(16)6-5-12(11)10-17/h5-6,9,18H,7-8,10,16H2,1-4H3. The molecule has 106 valence electrons. The molecule has 0 aromatic heterocycles. The van der Waals surface area contributed by atoms with Gasteiger partial charge >= 0.3 is 0 Å². The Balaban J connectivity index is 2.15. The van der Waals surface area contributed by atoms with Gasteiger partial charge in [-0.25, -0.2) is 4.90 Å². The van der Waals surface area contributed by atoms with Crippen LogP contribution in [0.25, 0.3) is 0 Å². The van der Waals surface area contributed by atoms with E-state index in [1.807, 2.05) is 43.9 Å². The highest BCUT2D eigenvalue weighted by molar-refractivity contribution is 5.45. The number of hydrogen-bond acceptors (Lipinski definition) is 4. The van der Waals surface area contributed by atoms with Crippen molar-refractivity contribution in [2.45, 2.75) is 52.2 Å². The summed E-state index contributed by atoms with van der Waals surface area (Å²) in [5.74, 6) is -1.25. The summed E-state index contributed by atoms with van der Waals surface area (Å²) in [6.07, 6.45) is 0.879. The van der Waals surface area contributed by atoms with Crippen LogP contribution >= 0.6 is 0 Å². The number of ether oxygens (including phenoxy) is 1. The Labute approximate surface area is 115 Å². The smallest absolute Gasteiger partial charge is 0.225 e. The predicted octanol–water partition coefficient (Wildman–Crippen LogP) is 2.11. The first kappa shape index (κ1) is 14.3. The second-order valence-corrected chi connectivity index (χ2v) is 6.35. The lowest BCUT2D eigenvalue weighted by molar-refractivity contribution is -0.321. The van der Waals surface area contributed by atoms with Crippen LogP contribution in [0.3, 0.4) is 0 Å². The van der Waals surface area contributed by atoms with Gasteiger partial charge in [0.05, 0.1) is 5.60 Å². The van der Waals surface area contributed by atoms with Crippen LogP contribution in [-0.4, -0.2) is 28.1 Å². The topological polar surface area (TPSA) is 58.7 Å². The zero-order valence-corrected chi connectivity index (χ0v) is 12.2. The molecule has 19 heavy (non-hydrogen) atoms. The van der Waals surface area contributed by atoms with Crippen molar-refractivity contribution in [1.29, 1.82) is 0 Å². The first-order valence-electron chi connectivity index (χ1n) is 6.72. The molecule has 1 aromatic rings. The predicted molar refractivity (Wildman–Crippen MR) is 76.4 cm³/mol. The van der Waals surface area contributed by atoms with Crippen molar-refractivity contribution in [2.75, 3.05) is 12.3 Å². The minimum atomic E-state index is -1.25. The molecule has 0 radical (unpaired) electrons. The Morgan fingerprint density at radius 2 is 1.89 bits per heavy atom. The summed E-state index contributed by atoms with van der Waals surface area (Å²) < 4.78 is 5.76. The fraction of sp³-hybridized carbons (Fsp3) is 0.600. The fourth-order valence-electron chi connectivity index (χ4n) is 2.57. The first-order chi connectivity index (χ1) is 8.67. The molecule has 0 saturated carbocycles. The molecule has 3 N–H and O–H groups in total. The maximum absolute atomic E-state index is 10.5. The van der Waals surface area contributed by atoms with Crippen molar-refractivity contribution in [3.05, 3.63) is 29.3 Å². The van der Waals surface area contributed by atoms with E-state index in [9.17, 15) is 5.11 Å². The second kappa shape index (κ2) is 4.78. The summed E-state index contributed by atoms with van der Waals surface area (Å²) >= 11 is 0. The van der Waals surface area contributed by atoms with E-state index in [2.05, 4.69) is 0 Å². The lowest BCUT2D eigenvalue weighted by Crippen LogP contribution is -2.53. The Kier molecular flexibility index (Phi) is 3.60. The summed E-state index contributed by atoms with van der Waals surface area (Å²) in [4.78, 5) is 1.96. The van der Waals surface area contributed by atoms with Crippen LogP contribution in [0, 0.1) is 0 Å². The highest BCUT2D eigenvalue weighted by atomic mass is 16.7. The van der Waals surface area contributed by atoms with Crippen molar-refractivity contribution < 1.29 is 9.84 Å². The molecule has 4 heteroatoms. The average Bonchev–Trinajstić information content (AvgIpc) is 2.25. The Bertz CT molecular complexity index is 464. The quantitative estimate of drug-likeness (QED) is 0.634. The third kappa shape index (κ3) is 3.47. The highest BCUT2D eigenvalue weighted by Gasteiger charge is 2.36. The van der Waals surface area contributed by atoms with Gasteiger partial charge in [0.1, 0.15) is 0 Å². The largest absolute Gasteiger partial charge is 0.399 e. The molecule has 0 amide bonds. The van der Waals surface area contributed by atoms with E-state index in [1.165, 1.54) is 11.1 Å². The van der Waals surface area contributed by atoms with Crippen LogP contribution in [0.15, 0.2) is 18.2 Å². The molecular formula is C15H24N2O2. The Morgan fingerprint density at radius 1 is 1.21 bits per heavy atom. The normalized spacial score (nSPS) is 19.8. The number of fused-ring (bicyclic) bond motifs is 1. The summed E-state index contributed by atoms with van der Waals surface area (Å²) in [6, 6.07) is 5.96. The lowest BCUT2D eigenvalue weighted by atomic mass is 9.98. The number of hydrogen-bond donors (Lipinski definition) is 2. The van der Waals surface area contributed by atoms with Gasteiger partial charge in [0.2, 0.25) is 5.91 Å². The second-order valence-electron chi connectivity index (χ2n) is 6.35. The molecule has 0 saturated heterocycles. The van der Waals surface area contributed by atoms with Crippen LogP contribution in [0.2, 0.25) is 0 Å². The van der Waals surface area contributed by atoms with Crippen LogP contribution in [0.5, 0.6) is 0 Å². The van der Waals surface area contributed by atoms with E-state index in [4.69, 9.17) is 10.5 Å². The van der Waals surface area contributed by atoms with Crippen molar-refractivity contribution in [1.82, 2.24) is 4.90 Å². The minimum Gasteiger partial charge on any atom is -0.399 e. The van der Waals surface area contributed by atoms with Crippen molar-refractivity contribution in [2.24, 2.45) is 0 Å². The molecule has 2 rings (SSSR count). The minimum absolute atomic E-state index is 0.384. The average molecular weight is 264 g/mol. The van der Waals surface area contributed by atoms with Gasteiger partial charge in [-0.1, -0.05) is 6.07 Å². The summed E-state index contributed by atoms with van der Waals surface area (Å²) in [5.41, 5.74) is 8.68. The van der Waals surface area contributed by atoms with E-state index < -0.39 is 5.91 Å². The molecule has 0 aliphatic carbocycles. The van der Waals surface area contributed by atoms with Gasteiger partial charge in [-0.2, -0.15) is 0 Å². The SMILES string of the molecule is CC(C)(C)OC(C)(O)N1CCc2cc(N)ccc2C1. The van der Waals surface area contributed by atoms with Gasteiger partial charge in [0.15, 0.2) is 0 Å². The van der Waals surface area contributed by atoms with Gasteiger partial charge in [0, 0.05) is 25.7 Å². The third-order valence-electron chi connectivity index (χ3n) is 3.33. The molecule has 1 aromatic carbocycles. The Morgan fingerprint density at radius 3 is 2.53 bits per heavy atom. The molecule has 1 aliphatic heterocycles. The number of nitrogens with zero attached hydrogens (tertiary/aromatic N) is 1. The summed E-state index contributed by atoms with van der Waals surface area (Å²) in [5, 5.41) is 10.5. The number of nitrogen functional groups attached to an aromatic ring is 1. The molecular weight excluding hydrogens is 240 g/mol. The molecule has 1 heterocycles. The van der Waals surface area contributed by atoms with E-state index in [1.54, 1.807) is 6.92 Å². The molecule has 0 bridgehead atoms. The van der Waals surface area contributed by atoms with E-state index in [-0.39, 0.29) is 5.60 Å². The maximum Gasteiger partial charge on any atom is 0.225 e. The molecule has 1 aliphatic rings. The summed E-state index contributed by atoms with van der Waals surface area (Å²) in [6.45, 7) is 8.99. The molecule has 0 fully saturated rings. The molecule has 1 unspecified atom stereocenters. The third-order valence-corrected chi connectivity index (χ3v) is 3.33. The van der Waals surface area contributed by atoms with Crippen LogP contribution < -0.4 is 5.73 Å². The van der Waals surface area contributed by atoms with E-state index in [0.717, 1.165) is 18.7 Å². The lowest BCUT2D eigenvalue weighted by Gasteiger charge is -2.42. The van der Waals surface area contributed by atoms with Crippen molar-refractivity contribution in [3.63, 3.8) is 0 Å². The van der Waals surface area contributed by atoms with Crippen molar-refractivity contribution in [3.8, 4) is 0 Å². The van der Waals surface area contributed by atoms with Gasteiger partial charge in [-0.05, 0) is 50.5 Å². The van der Waals surface area contributed by atoms with Gasteiger partial charge in [-0.15, -0.1) is 0 Å². The zero-order chi connectivity index (χ0) is 14.3. The van der Waals surface area contributed by atoms with Crippen LogP contribution in [0.4, 0.5) is 5.69 Å². The molecule has 4 nitrogen and oxygen atoms in total. The summed E-state index contributed by atoms with van der Waals surface area (Å²) in [7, 11) is 0. The van der Waals surface area contributed by atoms with Crippen LogP contribution in [-0.2, 0) is 17.7 Å². The van der Waals surface area contributed by atoms with Gasteiger partial charge < -0.3 is 15.6 Å². The number of rotatable bonds is 2. The number of benzene rings is 1. The van der Waals surface area contributed by atoms with Crippen LogP contribution in [0.1, 0.15) is 38.8 Å². The number of aliphatic hydroxyl groups is 1. The van der Waals surface area contributed by atoms with E-state index in [0.29, 0.717) is 6.54 Å². The van der Waals surface area contributed by atoms with Gasteiger partial charge in [-0.3, -0.25) is 0 Å².